The first-order valence-electron chi connectivity index (χ1n) is 13.2. The van der Waals surface area contributed by atoms with Crippen molar-refractivity contribution in [2.24, 2.45) is 0 Å². The third kappa shape index (κ3) is 2.79. The number of rotatable bonds is 3. The van der Waals surface area contributed by atoms with Crippen LogP contribution in [0.3, 0.4) is 0 Å². The second-order valence-electron chi connectivity index (χ2n) is 11.4. The topological polar surface area (TPSA) is 97.2 Å². The van der Waals surface area contributed by atoms with Gasteiger partial charge in [0, 0.05) is 43.1 Å². The first kappa shape index (κ1) is 23.1. The molecular weight excluding hydrogens is 492 g/mol. The highest BCUT2D eigenvalue weighted by Crippen LogP contribution is 2.49. The van der Waals surface area contributed by atoms with Gasteiger partial charge in [-0.15, -0.1) is 0 Å². The zero-order chi connectivity index (χ0) is 26.4. The Balaban J connectivity index is 1.61. The molecule has 0 amide bonds. The highest BCUT2D eigenvalue weighted by molar-refractivity contribution is 7.01. The van der Waals surface area contributed by atoms with E-state index in [0.29, 0.717) is 11.1 Å². The van der Waals surface area contributed by atoms with Crippen LogP contribution < -0.4 is 20.2 Å². The molecule has 0 saturated carbocycles. The van der Waals surface area contributed by atoms with E-state index in [1.54, 1.807) is 12.1 Å². The van der Waals surface area contributed by atoms with Crippen molar-refractivity contribution in [3.63, 3.8) is 0 Å². The number of hydrogen-bond donors (Lipinski definition) is 1. The summed E-state index contributed by atoms with van der Waals surface area (Å²) in [5.74, 6) is -1.42. The fraction of sp³-hybridized carbons (Fsp3) is 0.300. The molecule has 8 heteroatoms. The Morgan fingerprint density at radius 1 is 0.868 bits per heavy atom. The largest absolute Gasteiger partial charge is 0.478 e. The first-order chi connectivity index (χ1) is 18.3. The van der Waals surface area contributed by atoms with Crippen molar-refractivity contribution in [3.8, 4) is 0 Å². The number of benzene rings is 3. The molecule has 1 aliphatic carbocycles. The van der Waals surface area contributed by atoms with Gasteiger partial charge in [-0.1, -0.05) is 25.2 Å². The maximum atomic E-state index is 13.8. The molecule has 0 atom stereocenters. The summed E-state index contributed by atoms with van der Waals surface area (Å²) in [6.07, 6.45) is 2.34. The lowest BCUT2D eigenvalue weighted by molar-refractivity contribution is -0.0115. The molecule has 1 spiro atoms. The van der Waals surface area contributed by atoms with Crippen LogP contribution in [0, 0.1) is 0 Å². The minimum atomic E-state index is -2.30. The maximum absolute atomic E-state index is 13.8. The van der Waals surface area contributed by atoms with Crippen LogP contribution >= 0.6 is 0 Å². The predicted octanol–water partition coefficient (Wildman–Crippen LogP) is 3.14. The fourth-order valence-corrected chi connectivity index (χ4v) is 10.1. The number of Topliss-reactive ketones (excluding diaryl/α,β-unsaturated/α-hetero) is 1. The molecule has 0 radical (unpaired) electrons. The minimum absolute atomic E-state index is 0.0374. The van der Waals surface area contributed by atoms with Gasteiger partial charge in [0.25, 0.3) is 5.78 Å². The van der Waals surface area contributed by atoms with Crippen molar-refractivity contribution in [3.05, 3.63) is 87.9 Å². The third-order valence-electron chi connectivity index (χ3n) is 9.19. The van der Waals surface area contributed by atoms with E-state index >= 15 is 0 Å². The van der Waals surface area contributed by atoms with Crippen LogP contribution in [0.1, 0.15) is 50.2 Å². The van der Waals surface area contributed by atoms with Crippen molar-refractivity contribution in [1.29, 1.82) is 0 Å². The monoisotopic (exact) mass is 520 g/mol. The molecule has 3 aliphatic heterocycles. The minimum Gasteiger partial charge on any atom is -0.478 e. The summed E-state index contributed by atoms with van der Waals surface area (Å²) in [6, 6.07) is 17.6. The number of carboxylic acid groups (broad SMARTS) is 1. The Labute approximate surface area is 222 Å². The van der Waals surface area contributed by atoms with E-state index < -0.39 is 19.5 Å². The number of carboxylic acids is 1. The van der Waals surface area contributed by atoms with Crippen LogP contribution in [-0.2, 0) is 5.41 Å². The molecule has 2 fully saturated rings. The van der Waals surface area contributed by atoms with Gasteiger partial charge in [0.2, 0.25) is 0 Å². The molecule has 0 aromatic heterocycles. The normalized spacial score (nSPS) is 19.7. The standard InChI is InChI=1S/C30H28N4O3Si/c1-38(2)25-16-19(33-11-3-12-33)6-9-22(25)30(23-10-7-20(17-26(23)38)34-13-4-14-34)24-15-18(29(36)37)5-8-21(24)27(35)28(30)32-31/h5-10,15-17H,3-4,11-14H2,1-2H3,(H,36,37). The first-order valence-corrected chi connectivity index (χ1v) is 16.2. The third-order valence-corrected chi connectivity index (χ3v) is 12.7. The Morgan fingerprint density at radius 2 is 1.42 bits per heavy atom. The summed E-state index contributed by atoms with van der Waals surface area (Å²) in [7, 11) is -2.30. The van der Waals surface area contributed by atoms with E-state index in [9.17, 15) is 20.2 Å². The van der Waals surface area contributed by atoms with Gasteiger partial charge in [0.05, 0.1) is 5.56 Å². The Hall–Kier alpha value is -4.00. The van der Waals surface area contributed by atoms with Gasteiger partial charge in [-0.2, -0.15) is 4.79 Å². The van der Waals surface area contributed by atoms with Crippen molar-refractivity contribution in [1.82, 2.24) is 0 Å². The van der Waals surface area contributed by atoms with Crippen molar-refractivity contribution < 1.29 is 19.5 Å². The number of ketones is 1. The molecule has 7 nitrogen and oxygen atoms in total. The van der Waals surface area contributed by atoms with E-state index in [4.69, 9.17) is 0 Å². The molecule has 0 bridgehead atoms. The maximum Gasteiger partial charge on any atom is 0.358 e. The van der Waals surface area contributed by atoms with Crippen LogP contribution in [0.4, 0.5) is 11.4 Å². The van der Waals surface area contributed by atoms with Gasteiger partial charge in [-0.3, -0.25) is 4.79 Å². The van der Waals surface area contributed by atoms with Gasteiger partial charge in [-0.05, 0) is 82.4 Å². The SMILES string of the molecule is C[Si]1(C)c2cc(N3CCC3)ccc2C2(C(=[N+]=[N-])C(=O)c3ccc(C(=O)O)cc32)c2ccc(N3CCC3)cc21. The number of hydrogen-bond acceptors (Lipinski definition) is 4. The molecule has 4 aliphatic rings. The summed E-state index contributed by atoms with van der Waals surface area (Å²) in [5.41, 5.74) is 14.5. The molecule has 3 aromatic rings. The smallest absolute Gasteiger partial charge is 0.358 e. The highest BCUT2D eigenvalue weighted by Gasteiger charge is 2.63. The van der Waals surface area contributed by atoms with Crippen molar-refractivity contribution in [2.45, 2.75) is 31.4 Å². The average Bonchev–Trinajstić information content (AvgIpc) is 3.09. The Bertz CT molecular complexity index is 1560. The number of carbonyl (C=O) groups excluding carboxylic acids is 1. The fourth-order valence-electron chi connectivity index (χ4n) is 6.86. The molecule has 190 valence electrons. The zero-order valence-electron chi connectivity index (χ0n) is 21.5. The summed E-state index contributed by atoms with van der Waals surface area (Å²) < 4.78 is 0. The van der Waals surface area contributed by atoms with Crippen LogP contribution in [-0.4, -0.2) is 61.6 Å². The summed E-state index contributed by atoms with van der Waals surface area (Å²) in [6.45, 7) is 8.78. The van der Waals surface area contributed by atoms with Gasteiger partial charge < -0.3 is 20.4 Å². The number of carbonyl (C=O) groups is 2. The van der Waals surface area contributed by atoms with E-state index in [-0.39, 0.29) is 17.1 Å². The van der Waals surface area contributed by atoms with Crippen molar-refractivity contribution >= 4 is 47.3 Å². The van der Waals surface area contributed by atoms with Crippen molar-refractivity contribution in [2.75, 3.05) is 36.0 Å². The molecule has 3 heterocycles. The summed E-state index contributed by atoms with van der Waals surface area (Å²) in [5, 5.41) is 12.2. The summed E-state index contributed by atoms with van der Waals surface area (Å²) in [4.78, 5) is 34.2. The molecule has 7 rings (SSSR count). The Morgan fingerprint density at radius 3 is 1.87 bits per heavy atom. The molecule has 38 heavy (non-hydrogen) atoms. The number of aromatic carboxylic acids is 1. The molecule has 0 unspecified atom stereocenters. The molecule has 1 N–H and O–H groups in total. The van der Waals surface area contributed by atoms with Crippen LogP contribution in [0.2, 0.25) is 13.1 Å². The van der Waals surface area contributed by atoms with Gasteiger partial charge in [-0.25, -0.2) is 4.79 Å². The van der Waals surface area contributed by atoms with Gasteiger partial charge in [0.15, 0.2) is 5.41 Å². The van der Waals surface area contributed by atoms with E-state index in [0.717, 1.165) is 37.3 Å². The second-order valence-corrected chi connectivity index (χ2v) is 15.7. The van der Waals surface area contributed by atoms with Crippen LogP contribution in [0.15, 0.2) is 54.6 Å². The lowest BCUT2D eigenvalue weighted by Crippen LogP contribution is -2.65. The lowest BCUT2D eigenvalue weighted by Gasteiger charge is -2.44. The lowest BCUT2D eigenvalue weighted by atomic mass is 9.68. The molecule has 2 saturated heterocycles. The number of anilines is 2. The number of fused-ring (bicyclic) bond motifs is 6. The second kappa shape index (κ2) is 7.76. The van der Waals surface area contributed by atoms with Gasteiger partial charge in [0.1, 0.15) is 8.07 Å². The van der Waals surface area contributed by atoms with Crippen LogP contribution in [0.25, 0.3) is 5.53 Å². The quantitative estimate of drug-likeness (QED) is 0.325. The molecular formula is C30H28N4O3Si. The summed E-state index contributed by atoms with van der Waals surface area (Å²) >= 11 is 0. The van der Waals surface area contributed by atoms with E-state index in [1.165, 1.54) is 40.7 Å². The average molecular weight is 521 g/mol. The molecule has 3 aromatic carbocycles. The van der Waals surface area contributed by atoms with E-state index in [1.807, 2.05) is 0 Å². The van der Waals surface area contributed by atoms with Crippen LogP contribution in [0.5, 0.6) is 0 Å². The zero-order valence-corrected chi connectivity index (χ0v) is 22.5. The Kier molecular flexibility index (Phi) is 4.72. The number of nitrogens with zero attached hydrogens (tertiary/aromatic N) is 4. The highest BCUT2D eigenvalue weighted by atomic mass is 28.3. The van der Waals surface area contributed by atoms with Gasteiger partial charge >= 0.3 is 11.7 Å². The predicted molar refractivity (Wildman–Crippen MR) is 150 cm³/mol. The van der Waals surface area contributed by atoms with E-state index in [2.05, 4.69) is 64.1 Å².